The third kappa shape index (κ3) is 5.15. The van der Waals surface area contributed by atoms with Crippen molar-refractivity contribution < 1.29 is 4.79 Å². The topological polar surface area (TPSA) is 29.1 Å². The van der Waals surface area contributed by atoms with Gasteiger partial charge in [-0.2, -0.15) is 0 Å². The maximum atomic E-state index is 11.2. The van der Waals surface area contributed by atoms with Crippen LogP contribution in [-0.4, -0.2) is 22.4 Å². The maximum Gasteiger partial charge on any atom is 0.246 e. The second-order valence-electron chi connectivity index (χ2n) is 3.54. The molecule has 4 heteroatoms. The van der Waals surface area contributed by atoms with E-state index < -0.39 is 0 Å². The highest BCUT2D eigenvalue weighted by Crippen LogP contribution is 2.12. The fourth-order valence-corrected chi connectivity index (χ4v) is 2.20. The third-order valence-corrected chi connectivity index (χ3v) is 3.51. The number of hydrogen-bond donors (Lipinski definition) is 1. The molecule has 0 fully saturated rings. The second kappa shape index (κ2) is 7.25. The molecule has 1 amide bonds. The lowest BCUT2D eigenvalue weighted by Gasteiger charge is -2.05. The van der Waals surface area contributed by atoms with E-state index >= 15 is 0 Å². The highest BCUT2D eigenvalue weighted by molar-refractivity contribution is 8.23. The van der Waals surface area contributed by atoms with Gasteiger partial charge in [-0.05, 0) is 12.5 Å². The third-order valence-electron chi connectivity index (χ3n) is 2.02. The summed E-state index contributed by atoms with van der Waals surface area (Å²) < 4.78 is 0.857. The molecule has 1 rings (SSSR count). The van der Waals surface area contributed by atoms with Crippen molar-refractivity contribution in [3.8, 4) is 0 Å². The lowest BCUT2D eigenvalue weighted by Crippen LogP contribution is -2.26. The van der Waals surface area contributed by atoms with Crippen LogP contribution < -0.4 is 5.32 Å². The van der Waals surface area contributed by atoms with E-state index in [-0.39, 0.29) is 5.91 Å². The highest BCUT2D eigenvalue weighted by Gasteiger charge is 2.03. The maximum absolute atomic E-state index is 11.2. The molecule has 0 unspecified atom stereocenters. The first kappa shape index (κ1) is 13.9. The van der Waals surface area contributed by atoms with Gasteiger partial charge in [-0.3, -0.25) is 4.79 Å². The highest BCUT2D eigenvalue weighted by atomic mass is 32.2. The summed E-state index contributed by atoms with van der Waals surface area (Å²) in [7, 11) is 0. The Morgan fingerprint density at radius 2 is 2.06 bits per heavy atom. The number of benzene rings is 1. The van der Waals surface area contributed by atoms with Gasteiger partial charge in [0.15, 0.2) is 0 Å². The summed E-state index contributed by atoms with van der Waals surface area (Å²) >= 11 is 6.85. The lowest BCUT2D eigenvalue weighted by molar-refractivity contribution is -0.117. The van der Waals surface area contributed by atoms with E-state index in [0.29, 0.717) is 12.1 Å². The van der Waals surface area contributed by atoms with E-state index in [1.807, 2.05) is 30.3 Å². The molecule has 0 saturated heterocycles. The summed E-state index contributed by atoms with van der Waals surface area (Å²) in [5, 5.41) is 2.77. The Morgan fingerprint density at radius 1 is 1.41 bits per heavy atom. The Hall–Kier alpha value is -1.13. The Labute approximate surface area is 111 Å². The number of hydrogen-bond acceptors (Lipinski definition) is 3. The number of thioether (sulfide) groups is 1. The van der Waals surface area contributed by atoms with Crippen LogP contribution in [0.25, 0.3) is 0 Å². The summed E-state index contributed by atoms with van der Waals surface area (Å²) in [6, 6.07) is 9.86. The van der Waals surface area contributed by atoms with Gasteiger partial charge >= 0.3 is 0 Å². The van der Waals surface area contributed by atoms with Crippen LogP contribution in [0.3, 0.4) is 0 Å². The van der Waals surface area contributed by atoms with Gasteiger partial charge in [0.1, 0.15) is 0 Å². The van der Waals surface area contributed by atoms with E-state index in [1.165, 1.54) is 0 Å². The molecule has 0 spiro atoms. The van der Waals surface area contributed by atoms with Crippen LogP contribution in [-0.2, 0) is 4.79 Å². The van der Waals surface area contributed by atoms with Crippen molar-refractivity contribution in [3.63, 3.8) is 0 Å². The van der Waals surface area contributed by atoms with Gasteiger partial charge in [0.2, 0.25) is 5.91 Å². The predicted molar refractivity (Wildman–Crippen MR) is 78.4 cm³/mol. The van der Waals surface area contributed by atoms with Crippen molar-refractivity contribution in [2.75, 3.05) is 12.3 Å². The van der Waals surface area contributed by atoms with E-state index in [1.54, 1.807) is 18.7 Å². The largest absolute Gasteiger partial charge is 0.352 e. The molecular weight excluding hydrogens is 250 g/mol. The number of carbonyl (C=O) groups excluding carboxylic acids is 1. The van der Waals surface area contributed by atoms with Gasteiger partial charge in [-0.15, -0.1) is 11.8 Å². The SMILES string of the molecule is C=C(C)C(=O)NCCSC(=S)c1ccccc1. The first-order valence-corrected chi connectivity index (χ1v) is 6.66. The smallest absolute Gasteiger partial charge is 0.246 e. The zero-order valence-electron chi connectivity index (χ0n) is 9.73. The Kier molecular flexibility index (Phi) is 5.94. The minimum Gasteiger partial charge on any atom is -0.352 e. The van der Waals surface area contributed by atoms with Gasteiger partial charge in [0.05, 0.1) is 4.20 Å². The zero-order chi connectivity index (χ0) is 12.7. The van der Waals surface area contributed by atoms with Gasteiger partial charge in [-0.25, -0.2) is 0 Å². The van der Waals surface area contributed by atoms with Gasteiger partial charge < -0.3 is 5.32 Å². The molecule has 0 radical (unpaired) electrons. The quantitative estimate of drug-likeness (QED) is 0.504. The van der Waals surface area contributed by atoms with Crippen LogP contribution >= 0.6 is 24.0 Å². The Bertz CT molecular complexity index is 415. The summed E-state index contributed by atoms with van der Waals surface area (Å²) in [5.74, 6) is 0.670. The summed E-state index contributed by atoms with van der Waals surface area (Å²) in [6.07, 6.45) is 0. The van der Waals surface area contributed by atoms with Gasteiger partial charge in [0.25, 0.3) is 0 Å². The van der Waals surface area contributed by atoms with Crippen molar-refractivity contribution in [2.45, 2.75) is 6.92 Å². The fraction of sp³-hybridized carbons (Fsp3) is 0.231. The number of thiocarbonyl (C=S) groups is 1. The number of rotatable bonds is 5. The molecule has 2 nitrogen and oxygen atoms in total. The van der Waals surface area contributed by atoms with Gasteiger partial charge in [-0.1, -0.05) is 49.1 Å². The molecule has 0 atom stereocenters. The normalized spacial score (nSPS) is 9.71. The number of carbonyl (C=O) groups is 1. The fourth-order valence-electron chi connectivity index (χ4n) is 1.12. The monoisotopic (exact) mass is 265 g/mol. The second-order valence-corrected chi connectivity index (χ2v) is 5.31. The molecule has 0 heterocycles. The summed E-state index contributed by atoms with van der Waals surface area (Å²) in [4.78, 5) is 11.2. The van der Waals surface area contributed by atoms with Crippen molar-refractivity contribution >= 4 is 34.1 Å². The molecule has 0 aromatic heterocycles. The molecule has 1 N–H and O–H groups in total. The van der Waals surface area contributed by atoms with Crippen molar-refractivity contribution in [2.24, 2.45) is 0 Å². The molecule has 0 saturated carbocycles. The average molecular weight is 265 g/mol. The summed E-state index contributed by atoms with van der Waals surface area (Å²) in [6.45, 7) is 5.86. The van der Waals surface area contributed by atoms with Crippen molar-refractivity contribution in [1.29, 1.82) is 0 Å². The van der Waals surface area contributed by atoms with Crippen LogP contribution in [0.5, 0.6) is 0 Å². The van der Waals surface area contributed by atoms with E-state index in [9.17, 15) is 4.79 Å². The average Bonchev–Trinajstić information content (AvgIpc) is 2.35. The number of nitrogens with one attached hydrogen (secondary N) is 1. The molecule has 0 bridgehead atoms. The minimum atomic E-state index is -0.101. The Balaban J connectivity index is 2.26. The van der Waals surface area contributed by atoms with E-state index in [2.05, 4.69) is 11.9 Å². The first-order chi connectivity index (χ1) is 8.11. The number of amides is 1. The molecule has 0 aliphatic rings. The van der Waals surface area contributed by atoms with Crippen molar-refractivity contribution in [1.82, 2.24) is 5.32 Å². The van der Waals surface area contributed by atoms with Crippen LogP contribution in [0, 0.1) is 0 Å². The molecule has 1 aromatic rings. The summed E-state index contributed by atoms with van der Waals surface area (Å²) in [5.41, 5.74) is 1.58. The van der Waals surface area contributed by atoms with Gasteiger partial charge in [0, 0.05) is 17.9 Å². The van der Waals surface area contributed by atoms with E-state index in [4.69, 9.17) is 12.2 Å². The van der Waals surface area contributed by atoms with Crippen LogP contribution in [0.1, 0.15) is 12.5 Å². The molecule has 1 aromatic carbocycles. The van der Waals surface area contributed by atoms with Crippen LogP contribution in [0.15, 0.2) is 42.5 Å². The minimum absolute atomic E-state index is 0.101. The standard InChI is InChI=1S/C13H15NOS2/c1-10(2)12(15)14-8-9-17-13(16)11-6-4-3-5-7-11/h3-7H,1,8-9H2,2H3,(H,14,15). The first-order valence-electron chi connectivity index (χ1n) is 5.27. The molecule has 90 valence electrons. The molecular formula is C13H15NOS2. The van der Waals surface area contributed by atoms with Crippen LogP contribution in [0.4, 0.5) is 0 Å². The molecule has 17 heavy (non-hydrogen) atoms. The van der Waals surface area contributed by atoms with Crippen LogP contribution in [0.2, 0.25) is 0 Å². The molecule has 0 aliphatic heterocycles. The van der Waals surface area contributed by atoms with Crippen molar-refractivity contribution in [3.05, 3.63) is 48.0 Å². The molecule has 0 aliphatic carbocycles. The Morgan fingerprint density at radius 3 is 2.65 bits per heavy atom. The lowest BCUT2D eigenvalue weighted by atomic mass is 10.2. The zero-order valence-corrected chi connectivity index (χ0v) is 11.4. The predicted octanol–water partition coefficient (Wildman–Crippen LogP) is 2.79. The van der Waals surface area contributed by atoms with E-state index in [0.717, 1.165) is 15.5 Å².